The number of aliphatic hydroxyl groups is 3. The molecular formula is C26H43NO6. The zero-order chi connectivity index (χ0) is 24.1. The van der Waals surface area contributed by atoms with Crippen molar-refractivity contribution in [1.29, 1.82) is 0 Å². The van der Waals surface area contributed by atoms with Gasteiger partial charge in [-0.25, -0.2) is 0 Å². The minimum Gasteiger partial charge on any atom is -0.480 e. The third kappa shape index (κ3) is 4.23. The van der Waals surface area contributed by atoms with Gasteiger partial charge >= 0.3 is 5.97 Å². The van der Waals surface area contributed by atoms with Gasteiger partial charge in [0.05, 0.1) is 17.8 Å². The van der Waals surface area contributed by atoms with E-state index in [-0.39, 0.29) is 60.0 Å². The minimum atomic E-state index is -1.05. The topological polar surface area (TPSA) is 127 Å². The molecule has 0 aromatic rings. The molecule has 4 fully saturated rings. The first-order valence-corrected chi connectivity index (χ1v) is 13.0. The van der Waals surface area contributed by atoms with Crippen LogP contribution >= 0.6 is 0 Å². The van der Waals surface area contributed by atoms with E-state index in [4.69, 9.17) is 5.11 Å². The molecule has 4 aliphatic carbocycles. The molecule has 0 aliphatic heterocycles. The van der Waals surface area contributed by atoms with E-state index < -0.39 is 17.7 Å². The van der Waals surface area contributed by atoms with Crippen LogP contribution in [-0.4, -0.2) is 56.7 Å². The lowest BCUT2D eigenvalue weighted by atomic mass is 9.43. The molecule has 0 aromatic carbocycles. The number of aliphatic carboxylic acids is 1. The predicted octanol–water partition coefficient (Wildman–Crippen LogP) is 2.56. The first-order valence-electron chi connectivity index (χ1n) is 13.0. The van der Waals surface area contributed by atoms with Crippen molar-refractivity contribution in [1.82, 2.24) is 5.32 Å². The molecule has 0 radical (unpaired) electrons. The number of carboxylic acid groups (broad SMARTS) is 1. The van der Waals surface area contributed by atoms with Crippen molar-refractivity contribution in [2.75, 3.05) is 6.54 Å². The summed E-state index contributed by atoms with van der Waals surface area (Å²) in [4.78, 5) is 22.7. The molecule has 0 spiro atoms. The van der Waals surface area contributed by atoms with E-state index >= 15 is 0 Å². The Balaban J connectivity index is 1.49. The van der Waals surface area contributed by atoms with Gasteiger partial charge in [0, 0.05) is 6.42 Å². The first-order chi connectivity index (χ1) is 15.5. The minimum absolute atomic E-state index is 0.0687. The number of rotatable bonds is 6. The summed E-state index contributed by atoms with van der Waals surface area (Å²) < 4.78 is 0. The van der Waals surface area contributed by atoms with Crippen LogP contribution in [-0.2, 0) is 9.59 Å². The van der Waals surface area contributed by atoms with Crippen LogP contribution in [0.2, 0.25) is 0 Å². The third-order valence-electron chi connectivity index (χ3n) is 10.6. The highest BCUT2D eigenvalue weighted by atomic mass is 16.4. The van der Waals surface area contributed by atoms with Crippen LogP contribution in [0.3, 0.4) is 0 Å². The number of carbonyl (C=O) groups is 2. The van der Waals surface area contributed by atoms with Gasteiger partial charge in [-0.15, -0.1) is 0 Å². The Kier molecular flexibility index (Phi) is 6.89. The van der Waals surface area contributed by atoms with Crippen LogP contribution in [0.1, 0.15) is 78.6 Å². The van der Waals surface area contributed by atoms with E-state index in [1.807, 2.05) is 0 Å². The summed E-state index contributed by atoms with van der Waals surface area (Å²) in [5.74, 6) is -0.0912. The molecule has 4 saturated carbocycles. The number of hydrogen-bond acceptors (Lipinski definition) is 5. The van der Waals surface area contributed by atoms with Gasteiger partial charge in [-0.05, 0) is 98.2 Å². The smallest absolute Gasteiger partial charge is 0.322 e. The molecule has 0 unspecified atom stereocenters. The molecule has 188 valence electrons. The van der Waals surface area contributed by atoms with Gasteiger partial charge in [-0.2, -0.15) is 0 Å². The quantitative estimate of drug-likeness (QED) is 0.410. The Morgan fingerprint density at radius 3 is 2.52 bits per heavy atom. The first kappa shape index (κ1) is 24.9. The van der Waals surface area contributed by atoms with Crippen molar-refractivity contribution in [3.63, 3.8) is 0 Å². The maximum atomic E-state index is 12.2. The fraction of sp³-hybridized carbons (Fsp3) is 0.923. The summed E-state index contributed by atoms with van der Waals surface area (Å²) in [5.41, 5.74) is -0.721. The maximum absolute atomic E-state index is 12.2. The predicted molar refractivity (Wildman–Crippen MR) is 123 cm³/mol. The van der Waals surface area contributed by atoms with Gasteiger partial charge in [-0.3, -0.25) is 9.59 Å². The SMILES string of the molecule is C[C@H](CCC(=O)NCC(=O)O)[C@H]1CC[C@@H]2[C@@H]3[C@H](O)C[C@@H]4C[C@H](O)CC[C@]4(C)[C@@H]3C[C@H](C)[C@@]21O. The highest BCUT2D eigenvalue weighted by molar-refractivity contribution is 5.81. The molecule has 7 nitrogen and oxygen atoms in total. The second-order valence-corrected chi connectivity index (χ2v) is 12.1. The average Bonchev–Trinajstić information content (AvgIpc) is 3.11. The molecular weight excluding hydrogens is 422 g/mol. The fourth-order valence-electron chi connectivity index (χ4n) is 8.84. The van der Waals surface area contributed by atoms with Gasteiger partial charge in [0.25, 0.3) is 0 Å². The summed E-state index contributed by atoms with van der Waals surface area (Å²) >= 11 is 0. The fourth-order valence-corrected chi connectivity index (χ4v) is 8.84. The molecule has 5 N–H and O–H groups in total. The Morgan fingerprint density at radius 2 is 1.82 bits per heavy atom. The molecule has 0 bridgehead atoms. The lowest BCUT2D eigenvalue weighted by Crippen LogP contribution is -2.63. The second-order valence-electron chi connectivity index (χ2n) is 12.1. The molecule has 1 amide bonds. The number of carbonyl (C=O) groups excluding carboxylic acids is 1. The van der Waals surface area contributed by atoms with Crippen LogP contribution in [0.5, 0.6) is 0 Å². The van der Waals surface area contributed by atoms with Crippen molar-refractivity contribution >= 4 is 11.9 Å². The Hall–Kier alpha value is -1.18. The summed E-state index contributed by atoms with van der Waals surface area (Å²) in [7, 11) is 0. The summed E-state index contributed by atoms with van der Waals surface area (Å²) in [6, 6.07) is 0. The van der Waals surface area contributed by atoms with Gasteiger partial charge < -0.3 is 25.7 Å². The number of carboxylic acids is 1. The van der Waals surface area contributed by atoms with E-state index in [9.17, 15) is 24.9 Å². The van der Waals surface area contributed by atoms with Crippen LogP contribution in [0.15, 0.2) is 0 Å². The van der Waals surface area contributed by atoms with E-state index in [0.29, 0.717) is 18.3 Å². The molecule has 4 aliphatic rings. The molecule has 11 atom stereocenters. The van der Waals surface area contributed by atoms with Crippen molar-refractivity contribution in [3.05, 3.63) is 0 Å². The van der Waals surface area contributed by atoms with E-state index in [1.54, 1.807) is 0 Å². The second kappa shape index (κ2) is 9.12. The number of fused-ring (bicyclic) bond motifs is 5. The van der Waals surface area contributed by atoms with E-state index in [0.717, 1.165) is 44.9 Å². The highest BCUT2D eigenvalue weighted by Crippen LogP contribution is 2.66. The van der Waals surface area contributed by atoms with Crippen molar-refractivity contribution in [2.45, 2.75) is 96.4 Å². The maximum Gasteiger partial charge on any atom is 0.322 e. The standard InChI is InChI=1S/C26H43NO6/c1-14(4-7-22(30)27-13-23(31)32)18-5-6-19-24-20(10-15(2)26(18,19)33)25(3)9-8-17(28)11-16(25)12-21(24)29/h14-21,24,28-29,33H,4-13H2,1-3H3,(H,27,30)(H,31,32)/t14-,15+,16+,17-,18-,19-,20-,21-,24+,25+,26+/m1/s1. The number of aliphatic hydroxyl groups excluding tert-OH is 2. The molecule has 0 saturated heterocycles. The van der Waals surface area contributed by atoms with Crippen LogP contribution in [0.4, 0.5) is 0 Å². The van der Waals surface area contributed by atoms with Gasteiger partial charge in [0.2, 0.25) is 5.91 Å². The zero-order valence-corrected chi connectivity index (χ0v) is 20.4. The van der Waals surface area contributed by atoms with Gasteiger partial charge in [0.15, 0.2) is 0 Å². The number of amides is 1. The number of hydrogen-bond donors (Lipinski definition) is 5. The normalized spacial score (nSPS) is 47.7. The highest BCUT2D eigenvalue weighted by Gasteiger charge is 2.66. The zero-order valence-electron chi connectivity index (χ0n) is 20.4. The third-order valence-corrected chi connectivity index (χ3v) is 10.6. The summed E-state index contributed by atoms with van der Waals surface area (Å²) in [6.07, 6.45) is 6.23. The summed E-state index contributed by atoms with van der Waals surface area (Å²) in [6.45, 7) is 6.28. The Morgan fingerprint density at radius 1 is 1.09 bits per heavy atom. The largest absolute Gasteiger partial charge is 0.480 e. The summed E-state index contributed by atoms with van der Waals surface area (Å²) in [5, 5.41) is 44.9. The molecule has 0 aromatic heterocycles. The Labute approximate surface area is 197 Å². The van der Waals surface area contributed by atoms with Gasteiger partial charge in [0.1, 0.15) is 6.54 Å². The van der Waals surface area contributed by atoms with Crippen LogP contribution in [0.25, 0.3) is 0 Å². The van der Waals surface area contributed by atoms with Gasteiger partial charge in [-0.1, -0.05) is 20.8 Å². The molecule has 7 heteroatoms. The monoisotopic (exact) mass is 465 g/mol. The average molecular weight is 466 g/mol. The lowest BCUT2D eigenvalue weighted by Gasteiger charge is -2.63. The molecule has 0 heterocycles. The van der Waals surface area contributed by atoms with Crippen molar-refractivity contribution in [3.8, 4) is 0 Å². The van der Waals surface area contributed by atoms with E-state index in [2.05, 4.69) is 26.1 Å². The van der Waals surface area contributed by atoms with Crippen molar-refractivity contribution in [2.24, 2.45) is 46.8 Å². The number of nitrogens with one attached hydrogen (secondary N) is 1. The van der Waals surface area contributed by atoms with Crippen molar-refractivity contribution < 1.29 is 30.0 Å². The van der Waals surface area contributed by atoms with Crippen LogP contribution < -0.4 is 5.32 Å². The van der Waals surface area contributed by atoms with Crippen LogP contribution in [0, 0.1) is 46.8 Å². The molecule has 4 rings (SSSR count). The van der Waals surface area contributed by atoms with E-state index in [1.165, 1.54) is 0 Å². The Bertz CT molecular complexity index is 759. The molecule has 33 heavy (non-hydrogen) atoms. The lowest BCUT2D eigenvalue weighted by molar-refractivity contribution is -0.220.